The summed E-state index contributed by atoms with van der Waals surface area (Å²) in [6, 6.07) is 6.93. The maximum absolute atomic E-state index is 5.38. The molecule has 1 N–H and O–H groups in total. The van der Waals surface area contributed by atoms with Crippen LogP contribution in [0.1, 0.15) is 49.8 Å². The molecule has 0 heterocycles. The normalized spacial score (nSPS) is 12.5. The van der Waals surface area contributed by atoms with Crippen LogP contribution < -0.4 is 10.1 Å². The van der Waals surface area contributed by atoms with Gasteiger partial charge >= 0.3 is 0 Å². The molecule has 0 aromatic heterocycles. The Morgan fingerprint density at radius 2 is 2.06 bits per heavy atom. The average molecular weight is 235 g/mol. The summed E-state index contributed by atoms with van der Waals surface area (Å²) in [6.07, 6.45) is 5.05. The van der Waals surface area contributed by atoms with Crippen molar-refractivity contribution in [1.82, 2.24) is 5.32 Å². The first-order chi connectivity index (χ1) is 8.22. The van der Waals surface area contributed by atoms with Gasteiger partial charge in [-0.25, -0.2) is 0 Å². The van der Waals surface area contributed by atoms with Gasteiger partial charge in [-0.15, -0.1) is 0 Å². The highest BCUT2D eigenvalue weighted by atomic mass is 16.5. The van der Waals surface area contributed by atoms with Crippen molar-refractivity contribution < 1.29 is 4.74 Å². The zero-order valence-corrected chi connectivity index (χ0v) is 11.5. The quantitative estimate of drug-likeness (QED) is 0.725. The number of nitrogens with one attached hydrogen (secondary N) is 1. The third-order valence-electron chi connectivity index (χ3n) is 3.28. The van der Waals surface area contributed by atoms with Crippen molar-refractivity contribution >= 4 is 0 Å². The van der Waals surface area contributed by atoms with Crippen molar-refractivity contribution in [2.75, 3.05) is 14.2 Å². The molecule has 0 fully saturated rings. The second-order valence-corrected chi connectivity index (χ2v) is 4.57. The molecular formula is C15H25NO. The van der Waals surface area contributed by atoms with Crippen LogP contribution in [0.4, 0.5) is 0 Å². The van der Waals surface area contributed by atoms with Gasteiger partial charge in [-0.1, -0.05) is 38.3 Å². The van der Waals surface area contributed by atoms with Crippen molar-refractivity contribution in [2.45, 2.75) is 45.6 Å². The zero-order chi connectivity index (χ0) is 12.7. The molecule has 1 unspecified atom stereocenters. The number of hydrogen-bond acceptors (Lipinski definition) is 2. The Balaban J connectivity index is 2.73. The minimum absolute atomic E-state index is 0.441. The summed E-state index contributed by atoms with van der Waals surface area (Å²) in [5, 5.41) is 3.39. The summed E-state index contributed by atoms with van der Waals surface area (Å²) >= 11 is 0. The molecule has 0 saturated carbocycles. The monoisotopic (exact) mass is 235 g/mol. The van der Waals surface area contributed by atoms with Gasteiger partial charge in [-0.2, -0.15) is 0 Å². The van der Waals surface area contributed by atoms with Gasteiger partial charge in [0.15, 0.2) is 0 Å². The molecule has 2 heteroatoms. The second kappa shape index (κ2) is 7.33. The molecule has 0 aliphatic carbocycles. The van der Waals surface area contributed by atoms with Crippen molar-refractivity contribution in [1.29, 1.82) is 0 Å². The zero-order valence-electron chi connectivity index (χ0n) is 11.5. The Morgan fingerprint density at radius 1 is 1.29 bits per heavy atom. The van der Waals surface area contributed by atoms with Gasteiger partial charge in [-0.05, 0) is 37.6 Å². The molecule has 0 aliphatic heterocycles. The second-order valence-electron chi connectivity index (χ2n) is 4.57. The van der Waals surface area contributed by atoms with Crippen molar-refractivity contribution in [3.63, 3.8) is 0 Å². The third kappa shape index (κ3) is 4.04. The van der Waals surface area contributed by atoms with E-state index in [9.17, 15) is 0 Å². The molecule has 0 radical (unpaired) electrons. The number of methoxy groups -OCH3 is 1. The lowest BCUT2D eigenvalue weighted by Crippen LogP contribution is -2.16. The van der Waals surface area contributed by atoms with Crippen LogP contribution in [-0.2, 0) is 0 Å². The van der Waals surface area contributed by atoms with E-state index in [4.69, 9.17) is 4.74 Å². The number of ether oxygens (including phenoxy) is 1. The van der Waals surface area contributed by atoms with Crippen molar-refractivity contribution in [3.05, 3.63) is 29.3 Å². The molecule has 0 bridgehead atoms. The fourth-order valence-electron chi connectivity index (χ4n) is 2.13. The molecule has 0 saturated heterocycles. The maximum Gasteiger partial charge on any atom is 0.122 e. The van der Waals surface area contributed by atoms with Gasteiger partial charge in [0.2, 0.25) is 0 Å². The highest BCUT2D eigenvalue weighted by Gasteiger charge is 2.10. The first-order valence-electron chi connectivity index (χ1n) is 6.54. The van der Waals surface area contributed by atoms with Crippen LogP contribution in [0.5, 0.6) is 5.75 Å². The van der Waals surface area contributed by atoms with E-state index in [1.165, 1.54) is 36.8 Å². The highest BCUT2D eigenvalue weighted by molar-refractivity contribution is 5.37. The van der Waals surface area contributed by atoms with Crippen LogP contribution in [0.25, 0.3) is 0 Å². The minimum Gasteiger partial charge on any atom is -0.496 e. The van der Waals surface area contributed by atoms with Gasteiger partial charge in [-0.3, -0.25) is 0 Å². The number of aryl methyl sites for hydroxylation is 1. The summed E-state index contributed by atoms with van der Waals surface area (Å²) in [6.45, 7) is 4.32. The maximum atomic E-state index is 5.38. The predicted molar refractivity (Wildman–Crippen MR) is 73.7 cm³/mol. The number of hydrogen-bond donors (Lipinski definition) is 1. The van der Waals surface area contributed by atoms with Crippen LogP contribution in [0.15, 0.2) is 18.2 Å². The Morgan fingerprint density at radius 3 is 2.65 bits per heavy atom. The SMILES string of the molecule is CCCCCC(NC)c1ccc(C)c(OC)c1. The number of benzene rings is 1. The number of rotatable bonds is 7. The summed E-state index contributed by atoms with van der Waals surface area (Å²) in [7, 11) is 3.76. The Labute approximate surface area is 105 Å². The summed E-state index contributed by atoms with van der Waals surface area (Å²) in [5.41, 5.74) is 2.52. The summed E-state index contributed by atoms with van der Waals surface area (Å²) in [5.74, 6) is 0.984. The molecule has 2 nitrogen and oxygen atoms in total. The van der Waals surface area contributed by atoms with Crippen molar-refractivity contribution in [3.8, 4) is 5.75 Å². The van der Waals surface area contributed by atoms with E-state index in [2.05, 4.69) is 37.4 Å². The smallest absolute Gasteiger partial charge is 0.122 e. The van der Waals surface area contributed by atoms with E-state index in [1.54, 1.807) is 7.11 Å². The minimum atomic E-state index is 0.441. The molecule has 0 spiro atoms. The van der Waals surface area contributed by atoms with Gasteiger partial charge < -0.3 is 10.1 Å². The average Bonchev–Trinajstić information content (AvgIpc) is 2.36. The van der Waals surface area contributed by atoms with E-state index < -0.39 is 0 Å². The van der Waals surface area contributed by atoms with E-state index >= 15 is 0 Å². The van der Waals surface area contributed by atoms with Gasteiger partial charge in [0.05, 0.1) is 7.11 Å². The summed E-state index contributed by atoms with van der Waals surface area (Å²) < 4.78 is 5.38. The van der Waals surface area contributed by atoms with E-state index in [-0.39, 0.29) is 0 Å². The van der Waals surface area contributed by atoms with Crippen LogP contribution >= 0.6 is 0 Å². The molecule has 1 rings (SSSR count). The molecule has 1 aromatic carbocycles. The highest BCUT2D eigenvalue weighted by Crippen LogP contribution is 2.26. The fourth-order valence-corrected chi connectivity index (χ4v) is 2.13. The van der Waals surface area contributed by atoms with Crippen LogP contribution in [0.2, 0.25) is 0 Å². The molecule has 96 valence electrons. The Kier molecular flexibility index (Phi) is 6.06. The van der Waals surface area contributed by atoms with E-state index in [0.717, 1.165) is 5.75 Å². The molecule has 0 amide bonds. The van der Waals surface area contributed by atoms with Gasteiger partial charge in [0, 0.05) is 6.04 Å². The molecular weight excluding hydrogens is 210 g/mol. The largest absolute Gasteiger partial charge is 0.496 e. The lowest BCUT2D eigenvalue weighted by molar-refractivity contribution is 0.409. The standard InChI is InChI=1S/C15H25NO/c1-5-6-7-8-14(16-3)13-10-9-12(2)15(11-13)17-4/h9-11,14,16H,5-8H2,1-4H3. The Bertz CT molecular complexity index is 336. The van der Waals surface area contributed by atoms with Crippen molar-refractivity contribution in [2.24, 2.45) is 0 Å². The third-order valence-corrected chi connectivity index (χ3v) is 3.28. The van der Waals surface area contributed by atoms with E-state index in [0.29, 0.717) is 6.04 Å². The first kappa shape index (κ1) is 14.0. The predicted octanol–water partition coefficient (Wildman–Crippen LogP) is 3.84. The Hall–Kier alpha value is -1.02. The fraction of sp³-hybridized carbons (Fsp3) is 0.600. The molecule has 17 heavy (non-hydrogen) atoms. The topological polar surface area (TPSA) is 21.3 Å². The van der Waals surface area contributed by atoms with Crippen LogP contribution in [-0.4, -0.2) is 14.2 Å². The lowest BCUT2D eigenvalue weighted by atomic mass is 9.99. The van der Waals surface area contributed by atoms with Crippen LogP contribution in [0.3, 0.4) is 0 Å². The summed E-state index contributed by atoms with van der Waals surface area (Å²) in [4.78, 5) is 0. The molecule has 1 aromatic rings. The van der Waals surface area contributed by atoms with Gasteiger partial charge in [0.1, 0.15) is 5.75 Å². The van der Waals surface area contributed by atoms with Crippen LogP contribution in [0, 0.1) is 6.92 Å². The van der Waals surface area contributed by atoms with E-state index in [1.807, 2.05) is 7.05 Å². The first-order valence-corrected chi connectivity index (χ1v) is 6.54. The molecule has 0 aliphatic rings. The lowest BCUT2D eigenvalue weighted by Gasteiger charge is -2.18. The van der Waals surface area contributed by atoms with Gasteiger partial charge in [0.25, 0.3) is 0 Å². The molecule has 1 atom stereocenters. The number of unbranched alkanes of at least 4 members (excludes halogenated alkanes) is 2.